The van der Waals surface area contributed by atoms with Crippen LogP contribution in [0.25, 0.3) is 10.9 Å². The van der Waals surface area contributed by atoms with Crippen molar-refractivity contribution in [2.75, 3.05) is 5.32 Å². The van der Waals surface area contributed by atoms with Crippen LogP contribution in [0.4, 0.5) is 5.69 Å². The molecule has 1 N–H and O–H groups in total. The number of hydrogen-bond donors (Lipinski definition) is 1. The molecule has 3 rings (SSSR count). The lowest BCUT2D eigenvalue weighted by atomic mass is 10.1. The van der Waals surface area contributed by atoms with E-state index in [1.807, 2.05) is 37.4 Å². The predicted molar refractivity (Wildman–Crippen MR) is 82.8 cm³/mol. The van der Waals surface area contributed by atoms with E-state index in [-0.39, 0.29) is 6.04 Å². The lowest BCUT2D eigenvalue weighted by molar-refractivity contribution is 0.877. The zero-order valence-corrected chi connectivity index (χ0v) is 11.7. The van der Waals surface area contributed by atoms with Gasteiger partial charge in [-0.1, -0.05) is 24.3 Å². The van der Waals surface area contributed by atoms with Crippen molar-refractivity contribution in [3.63, 3.8) is 0 Å². The molecule has 3 heteroatoms. The standard InChI is InChI=1S/C17H17N3/c1-12-10-17(15-7-3-4-8-16(15)19-12)20-13(2)14-6-5-9-18-11-14/h3-11,13H,1-2H3,(H,19,20). The summed E-state index contributed by atoms with van der Waals surface area (Å²) in [6, 6.07) is 14.5. The van der Waals surface area contributed by atoms with E-state index in [4.69, 9.17) is 0 Å². The SMILES string of the molecule is Cc1cc(NC(C)c2cccnc2)c2ccccc2n1. The molecule has 0 aliphatic carbocycles. The number of anilines is 1. The topological polar surface area (TPSA) is 37.8 Å². The summed E-state index contributed by atoms with van der Waals surface area (Å²) < 4.78 is 0. The van der Waals surface area contributed by atoms with Crippen molar-refractivity contribution in [3.05, 3.63) is 66.1 Å². The maximum Gasteiger partial charge on any atom is 0.0725 e. The highest BCUT2D eigenvalue weighted by molar-refractivity contribution is 5.91. The summed E-state index contributed by atoms with van der Waals surface area (Å²) in [4.78, 5) is 8.74. The van der Waals surface area contributed by atoms with Crippen LogP contribution < -0.4 is 5.32 Å². The Labute approximate surface area is 118 Å². The number of fused-ring (bicyclic) bond motifs is 1. The third-order valence-corrected chi connectivity index (χ3v) is 3.40. The van der Waals surface area contributed by atoms with Gasteiger partial charge in [-0.3, -0.25) is 9.97 Å². The van der Waals surface area contributed by atoms with Gasteiger partial charge in [-0.15, -0.1) is 0 Å². The van der Waals surface area contributed by atoms with Crippen LogP contribution in [0.1, 0.15) is 24.2 Å². The molecule has 0 fully saturated rings. The van der Waals surface area contributed by atoms with Crippen LogP contribution >= 0.6 is 0 Å². The van der Waals surface area contributed by atoms with Crippen molar-refractivity contribution in [3.8, 4) is 0 Å². The van der Waals surface area contributed by atoms with E-state index < -0.39 is 0 Å². The molecule has 20 heavy (non-hydrogen) atoms. The lowest BCUT2D eigenvalue weighted by Crippen LogP contribution is -2.07. The molecule has 3 nitrogen and oxygen atoms in total. The van der Waals surface area contributed by atoms with Crippen molar-refractivity contribution in [2.45, 2.75) is 19.9 Å². The van der Waals surface area contributed by atoms with Crippen molar-refractivity contribution in [1.29, 1.82) is 0 Å². The maximum absolute atomic E-state index is 4.56. The summed E-state index contributed by atoms with van der Waals surface area (Å²) in [6.07, 6.45) is 3.69. The Kier molecular flexibility index (Phi) is 3.33. The highest BCUT2D eigenvalue weighted by Crippen LogP contribution is 2.26. The predicted octanol–water partition coefficient (Wildman–Crippen LogP) is 4.11. The van der Waals surface area contributed by atoms with Crippen LogP contribution in [0, 0.1) is 6.92 Å². The van der Waals surface area contributed by atoms with Gasteiger partial charge in [-0.25, -0.2) is 0 Å². The number of rotatable bonds is 3. The fourth-order valence-corrected chi connectivity index (χ4v) is 2.38. The molecule has 0 bridgehead atoms. The highest BCUT2D eigenvalue weighted by atomic mass is 14.9. The number of nitrogens with one attached hydrogen (secondary N) is 1. The number of benzene rings is 1. The van der Waals surface area contributed by atoms with Gasteiger partial charge in [0, 0.05) is 29.2 Å². The van der Waals surface area contributed by atoms with Gasteiger partial charge in [0.1, 0.15) is 0 Å². The average molecular weight is 263 g/mol. The van der Waals surface area contributed by atoms with Crippen LogP contribution in [0.2, 0.25) is 0 Å². The summed E-state index contributed by atoms with van der Waals surface area (Å²) in [5, 5.41) is 4.71. The third kappa shape index (κ3) is 2.48. The van der Waals surface area contributed by atoms with Crippen LogP contribution in [-0.4, -0.2) is 9.97 Å². The summed E-state index contributed by atoms with van der Waals surface area (Å²) in [5.74, 6) is 0. The molecular formula is C17H17N3. The molecule has 1 unspecified atom stereocenters. The van der Waals surface area contributed by atoms with Crippen LogP contribution in [-0.2, 0) is 0 Å². The van der Waals surface area contributed by atoms with Gasteiger partial charge >= 0.3 is 0 Å². The molecule has 0 saturated heterocycles. The van der Waals surface area contributed by atoms with Crippen molar-refractivity contribution in [1.82, 2.24) is 9.97 Å². The molecule has 0 spiro atoms. The van der Waals surface area contributed by atoms with Crippen LogP contribution in [0.15, 0.2) is 54.9 Å². The summed E-state index contributed by atoms with van der Waals surface area (Å²) >= 11 is 0. The Hall–Kier alpha value is -2.42. The minimum Gasteiger partial charge on any atom is -0.378 e. The second kappa shape index (κ2) is 5.29. The first kappa shape index (κ1) is 12.6. The Morgan fingerprint density at radius 2 is 1.95 bits per heavy atom. The number of pyridine rings is 2. The molecule has 0 aliphatic heterocycles. The number of para-hydroxylation sites is 1. The van der Waals surface area contributed by atoms with E-state index in [0.717, 1.165) is 22.3 Å². The molecule has 0 saturated carbocycles. The number of hydrogen-bond acceptors (Lipinski definition) is 3. The normalized spacial score (nSPS) is 12.3. The smallest absolute Gasteiger partial charge is 0.0725 e. The quantitative estimate of drug-likeness (QED) is 0.772. The fraction of sp³-hybridized carbons (Fsp3) is 0.176. The zero-order chi connectivity index (χ0) is 13.9. The average Bonchev–Trinajstić information content (AvgIpc) is 2.48. The highest BCUT2D eigenvalue weighted by Gasteiger charge is 2.08. The van der Waals surface area contributed by atoms with E-state index in [1.54, 1.807) is 6.20 Å². The van der Waals surface area contributed by atoms with Gasteiger partial charge in [-0.2, -0.15) is 0 Å². The molecule has 0 amide bonds. The number of nitrogens with zero attached hydrogens (tertiary/aromatic N) is 2. The van der Waals surface area contributed by atoms with E-state index >= 15 is 0 Å². The van der Waals surface area contributed by atoms with Crippen LogP contribution in [0.5, 0.6) is 0 Å². The van der Waals surface area contributed by atoms with Crippen molar-refractivity contribution < 1.29 is 0 Å². The van der Waals surface area contributed by atoms with Gasteiger partial charge < -0.3 is 5.32 Å². The molecule has 0 radical (unpaired) electrons. The van der Waals surface area contributed by atoms with Gasteiger partial charge in [0.25, 0.3) is 0 Å². The number of aryl methyl sites for hydroxylation is 1. The van der Waals surface area contributed by atoms with Gasteiger partial charge in [0.05, 0.1) is 11.6 Å². The maximum atomic E-state index is 4.56. The van der Waals surface area contributed by atoms with Gasteiger partial charge in [0.15, 0.2) is 0 Å². The largest absolute Gasteiger partial charge is 0.378 e. The minimum atomic E-state index is 0.203. The Bertz CT molecular complexity index is 723. The van der Waals surface area contributed by atoms with Crippen molar-refractivity contribution in [2.24, 2.45) is 0 Å². The Balaban J connectivity index is 1.98. The monoisotopic (exact) mass is 263 g/mol. The third-order valence-electron chi connectivity index (χ3n) is 3.40. The lowest BCUT2D eigenvalue weighted by Gasteiger charge is -2.17. The summed E-state index contributed by atoms with van der Waals surface area (Å²) in [7, 11) is 0. The van der Waals surface area contributed by atoms with E-state index in [0.29, 0.717) is 0 Å². The summed E-state index contributed by atoms with van der Waals surface area (Å²) in [5.41, 5.74) is 4.33. The molecule has 1 aromatic carbocycles. The van der Waals surface area contributed by atoms with Crippen molar-refractivity contribution >= 4 is 16.6 Å². The van der Waals surface area contributed by atoms with Gasteiger partial charge in [0.2, 0.25) is 0 Å². The fourth-order valence-electron chi connectivity index (χ4n) is 2.38. The molecule has 100 valence electrons. The molecule has 3 aromatic rings. The Morgan fingerprint density at radius 3 is 2.75 bits per heavy atom. The van der Waals surface area contributed by atoms with Gasteiger partial charge in [-0.05, 0) is 37.6 Å². The Morgan fingerprint density at radius 1 is 1.10 bits per heavy atom. The van der Waals surface area contributed by atoms with E-state index in [9.17, 15) is 0 Å². The molecular weight excluding hydrogens is 246 g/mol. The first-order valence-electron chi connectivity index (χ1n) is 6.77. The molecule has 2 heterocycles. The summed E-state index contributed by atoms with van der Waals surface area (Å²) in [6.45, 7) is 4.16. The van der Waals surface area contributed by atoms with E-state index in [1.165, 1.54) is 5.56 Å². The second-order valence-corrected chi connectivity index (χ2v) is 4.98. The first-order valence-corrected chi connectivity index (χ1v) is 6.77. The molecule has 2 aromatic heterocycles. The number of aromatic nitrogens is 2. The van der Waals surface area contributed by atoms with Crippen LogP contribution in [0.3, 0.4) is 0 Å². The first-order chi connectivity index (χ1) is 9.74. The molecule has 0 aliphatic rings. The minimum absolute atomic E-state index is 0.203. The zero-order valence-electron chi connectivity index (χ0n) is 11.7. The molecule has 1 atom stereocenters. The van der Waals surface area contributed by atoms with E-state index in [2.05, 4.69) is 40.4 Å². The second-order valence-electron chi connectivity index (χ2n) is 4.98.